The quantitative estimate of drug-likeness (QED) is 0.453. The highest BCUT2D eigenvalue weighted by atomic mass is 32.2. The van der Waals surface area contributed by atoms with E-state index in [0.29, 0.717) is 47.0 Å². The normalized spacial score (nSPS) is 15.6. The second kappa shape index (κ2) is 10.6. The van der Waals surface area contributed by atoms with Crippen molar-refractivity contribution in [2.45, 2.75) is 17.7 Å². The van der Waals surface area contributed by atoms with E-state index in [2.05, 4.69) is 4.98 Å². The van der Waals surface area contributed by atoms with E-state index in [0.717, 1.165) is 0 Å². The Balaban J connectivity index is 1.49. The summed E-state index contributed by atoms with van der Waals surface area (Å²) in [4.78, 5) is 22.0. The van der Waals surface area contributed by atoms with Gasteiger partial charge in [-0.15, -0.1) is 0 Å². The van der Waals surface area contributed by atoms with Gasteiger partial charge in [-0.2, -0.15) is 4.31 Å². The first-order valence-corrected chi connectivity index (χ1v) is 13.6. The summed E-state index contributed by atoms with van der Waals surface area (Å²) in [5.41, 5.74) is 0.648. The van der Waals surface area contributed by atoms with Crippen LogP contribution in [0.15, 0.2) is 47.4 Å². The minimum atomic E-state index is -3.65. The van der Waals surface area contributed by atoms with E-state index in [9.17, 15) is 17.6 Å². The molecule has 0 aliphatic carbocycles. The van der Waals surface area contributed by atoms with Gasteiger partial charge in [0.25, 0.3) is 0 Å². The molecular weight excluding hydrogens is 491 g/mol. The number of carbonyl (C=O) groups excluding carboxylic acids is 1. The Hall–Kier alpha value is -2.60. The van der Waals surface area contributed by atoms with Crippen molar-refractivity contribution in [2.24, 2.45) is 5.92 Å². The van der Waals surface area contributed by atoms with Gasteiger partial charge in [0.2, 0.25) is 15.9 Å². The summed E-state index contributed by atoms with van der Waals surface area (Å²) in [5.74, 6) is -0.149. The lowest BCUT2D eigenvalue weighted by Crippen LogP contribution is -2.46. The lowest BCUT2D eigenvalue weighted by atomic mass is 9.96. The molecule has 1 aliphatic rings. The highest BCUT2D eigenvalue weighted by Crippen LogP contribution is 2.32. The number of piperidine rings is 1. The number of likely N-dealkylation sites (N-methyl/N-ethyl adjacent to an activating group) is 1. The predicted molar refractivity (Wildman–Crippen MR) is 135 cm³/mol. The molecule has 2 aromatic carbocycles. The molecule has 8 nitrogen and oxygen atoms in total. The maximum atomic E-state index is 13.7. The van der Waals surface area contributed by atoms with E-state index in [-0.39, 0.29) is 35.6 Å². The van der Waals surface area contributed by atoms with Gasteiger partial charge in [-0.05, 0) is 69.4 Å². The summed E-state index contributed by atoms with van der Waals surface area (Å²) in [7, 11) is 1.74. The third-order valence-corrected chi connectivity index (χ3v) is 9.06. The number of halogens is 1. The van der Waals surface area contributed by atoms with Crippen LogP contribution in [0.3, 0.4) is 0 Å². The van der Waals surface area contributed by atoms with Crippen molar-refractivity contribution in [1.82, 2.24) is 14.2 Å². The molecular formula is C24H29FN4O4S2. The highest BCUT2D eigenvalue weighted by Gasteiger charge is 2.35. The van der Waals surface area contributed by atoms with Gasteiger partial charge in [-0.1, -0.05) is 11.3 Å². The second-order valence-corrected chi connectivity index (χ2v) is 11.7. The summed E-state index contributed by atoms with van der Waals surface area (Å²) in [6, 6.07) is 10.7. The van der Waals surface area contributed by atoms with Crippen molar-refractivity contribution in [1.29, 1.82) is 0 Å². The molecule has 0 saturated carbocycles. The number of hydrogen-bond donors (Lipinski definition) is 0. The van der Waals surface area contributed by atoms with E-state index >= 15 is 0 Å². The average molecular weight is 521 g/mol. The first-order valence-electron chi connectivity index (χ1n) is 11.4. The Morgan fingerprint density at radius 1 is 1.14 bits per heavy atom. The fraction of sp³-hybridized carbons (Fsp3) is 0.417. The van der Waals surface area contributed by atoms with Gasteiger partial charge in [0.15, 0.2) is 5.13 Å². The van der Waals surface area contributed by atoms with Crippen molar-refractivity contribution in [3.63, 3.8) is 0 Å². The Kier molecular flexibility index (Phi) is 7.70. The number of thiazole rings is 1. The fourth-order valence-corrected chi connectivity index (χ4v) is 6.55. The third-order valence-electron chi connectivity index (χ3n) is 6.11. The molecule has 0 unspecified atom stereocenters. The largest absolute Gasteiger partial charge is 0.497 e. The molecule has 0 N–H and O–H groups in total. The summed E-state index contributed by atoms with van der Waals surface area (Å²) < 4.78 is 47.0. The molecule has 0 atom stereocenters. The van der Waals surface area contributed by atoms with Crippen molar-refractivity contribution >= 4 is 42.6 Å². The number of methoxy groups -OCH3 is 1. The molecule has 188 valence electrons. The summed E-state index contributed by atoms with van der Waals surface area (Å²) in [6.07, 6.45) is 0.846. The number of benzene rings is 2. The topological polar surface area (TPSA) is 83.0 Å². The van der Waals surface area contributed by atoms with Crippen LogP contribution < -0.4 is 9.64 Å². The Morgan fingerprint density at radius 3 is 2.46 bits per heavy atom. The SMILES string of the molecule is COc1ccc(S(=O)(=O)N2CCC(C(=O)N(CCN(C)C)c3nc4ccc(F)cc4s3)CC2)cc1. The number of sulfonamides is 1. The van der Waals surface area contributed by atoms with Gasteiger partial charge < -0.3 is 9.64 Å². The first-order chi connectivity index (χ1) is 16.7. The molecule has 11 heteroatoms. The number of amides is 1. The van der Waals surface area contributed by atoms with Crippen LogP contribution in [0.25, 0.3) is 10.2 Å². The van der Waals surface area contributed by atoms with Gasteiger partial charge in [0.05, 0.1) is 22.2 Å². The lowest BCUT2D eigenvalue weighted by Gasteiger charge is -2.33. The molecule has 3 aromatic rings. The minimum absolute atomic E-state index is 0.0760. The predicted octanol–water partition coefficient (Wildman–Crippen LogP) is 3.44. The van der Waals surface area contributed by atoms with Crippen LogP contribution >= 0.6 is 11.3 Å². The van der Waals surface area contributed by atoms with E-state index in [1.54, 1.807) is 23.1 Å². The van der Waals surface area contributed by atoms with Gasteiger partial charge in [-0.25, -0.2) is 17.8 Å². The van der Waals surface area contributed by atoms with Gasteiger partial charge in [0, 0.05) is 32.1 Å². The molecule has 1 fully saturated rings. The number of nitrogens with zero attached hydrogens (tertiary/aromatic N) is 4. The van der Waals surface area contributed by atoms with Crippen molar-refractivity contribution in [2.75, 3.05) is 52.3 Å². The Bertz CT molecular complexity index is 1290. The van der Waals surface area contributed by atoms with Crippen LogP contribution in [0.2, 0.25) is 0 Å². The highest BCUT2D eigenvalue weighted by molar-refractivity contribution is 7.89. The van der Waals surface area contributed by atoms with E-state index < -0.39 is 10.0 Å². The summed E-state index contributed by atoms with van der Waals surface area (Å²) in [6.45, 7) is 1.61. The number of anilines is 1. The van der Waals surface area contributed by atoms with Crippen molar-refractivity contribution in [3.05, 3.63) is 48.3 Å². The zero-order valence-electron chi connectivity index (χ0n) is 20.0. The van der Waals surface area contributed by atoms with E-state index in [1.807, 2.05) is 19.0 Å². The molecule has 0 spiro atoms. The Morgan fingerprint density at radius 2 is 1.83 bits per heavy atom. The van der Waals surface area contributed by atoms with Gasteiger partial charge in [-0.3, -0.25) is 9.69 Å². The van der Waals surface area contributed by atoms with Gasteiger partial charge in [0.1, 0.15) is 11.6 Å². The number of fused-ring (bicyclic) bond motifs is 1. The van der Waals surface area contributed by atoms with Crippen LogP contribution in [0.5, 0.6) is 5.75 Å². The van der Waals surface area contributed by atoms with Crippen LogP contribution in [0.1, 0.15) is 12.8 Å². The van der Waals surface area contributed by atoms with Crippen LogP contribution in [0.4, 0.5) is 9.52 Å². The number of carbonyl (C=O) groups is 1. The van der Waals surface area contributed by atoms with Gasteiger partial charge >= 0.3 is 0 Å². The molecule has 0 radical (unpaired) electrons. The maximum absolute atomic E-state index is 13.7. The molecule has 1 saturated heterocycles. The minimum Gasteiger partial charge on any atom is -0.497 e. The second-order valence-electron chi connectivity index (χ2n) is 8.76. The number of rotatable bonds is 8. The maximum Gasteiger partial charge on any atom is 0.243 e. The summed E-state index contributed by atoms with van der Waals surface area (Å²) in [5, 5.41) is 0.533. The molecule has 1 aliphatic heterocycles. The van der Waals surface area contributed by atoms with Crippen LogP contribution in [-0.2, 0) is 14.8 Å². The summed E-state index contributed by atoms with van der Waals surface area (Å²) >= 11 is 1.29. The molecule has 2 heterocycles. The standard InChI is InChI=1S/C24H29FN4O4S2/c1-27(2)14-15-29(24-26-21-9-4-18(25)16-22(21)34-24)23(30)17-10-12-28(13-11-17)35(31,32)20-7-5-19(33-3)6-8-20/h4-9,16-17H,10-15H2,1-3H3. The third kappa shape index (κ3) is 5.64. The zero-order valence-corrected chi connectivity index (χ0v) is 21.6. The monoisotopic (exact) mass is 520 g/mol. The van der Waals surface area contributed by atoms with Crippen LogP contribution in [-0.4, -0.2) is 75.9 Å². The molecule has 35 heavy (non-hydrogen) atoms. The van der Waals surface area contributed by atoms with E-state index in [4.69, 9.17) is 4.74 Å². The first kappa shape index (κ1) is 25.5. The van der Waals surface area contributed by atoms with Crippen molar-refractivity contribution < 1.29 is 22.3 Å². The molecule has 0 bridgehead atoms. The zero-order chi connectivity index (χ0) is 25.2. The molecule has 1 aromatic heterocycles. The smallest absolute Gasteiger partial charge is 0.243 e. The van der Waals surface area contributed by atoms with Crippen molar-refractivity contribution in [3.8, 4) is 5.75 Å². The Labute approximate surface area is 209 Å². The number of aromatic nitrogens is 1. The number of ether oxygens (including phenoxy) is 1. The average Bonchev–Trinajstić information content (AvgIpc) is 3.26. The van der Waals surface area contributed by atoms with Crippen LogP contribution in [0, 0.1) is 11.7 Å². The number of hydrogen-bond acceptors (Lipinski definition) is 7. The molecule has 4 rings (SSSR count). The van der Waals surface area contributed by atoms with E-state index in [1.165, 1.54) is 47.0 Å². The fourth-order valence-electron chi connectivity index (χ4n) is 4.06. The molecule has 1 amide bonds. The lowest BCUT2D eigenvalue weighted by molar-refractivity contribution is -0.123.